The third kappa shape index (κ3) is 3.77. The molecule has 0 saturated heterocycles. The molecule has 152 valence electrons. The van der Waals surface area contributed by atoms with Gasteiger partial charge in [0.2, 0.25) is 0 Å². The molecule has 3 N–H and O–H groups in total. The van der Waals surface area contributed by atoms with Gasteiger partial charge in [-0.25, -0.2) is 0 Å². The van der Waals surface area contributed by atoms with Crippen molar-refractivity contribution in [2.45, 2.75) is 4.75 Å². The molecule has 1 unspecified atom stereocenters. The van der Waals surface area contributed by atoms with Gasteiger partial charge in [-0.2, -0.15) is 8.42 Å². The molecule has 3 rings (SSSR count). The lowest BCUT2D eigenvalue weighted by Gasteiger charge is -2.34. The summed E-state index contributed by atoms with van der Waals surface area (Å²) in [5.41, 5.74) is -0.260. The lowest BCUT2D eigenvalue weighted by atomic mass is 9.83. The minimum Gasteiger partial charge on any atom is -0.508 e. The SMILES string of the molecule is O=S(=O)(O)C(c1ccc(Cl)cc1)(c1ccc(Cl)c(O)c1)c1c(Cl)cc(O)cc1Cl. The molecular weight excluding hydrogens is 482 g/mol. The standard InChI is InChI=1S/C19H12Cl4O5S/c20-12-4-1-10(2-5-12)19(29(26,27)28,11-3-6-14(21)17(25)7-11)18-15(22)8-13(24)9-16(18)23/h1-9,24-25H,(H,26,27,28). The number of phenols is 2. The number of phenolic OH excluding ortho intramolecular Hbond substituents is 2. The van der Waals surface area contributed by atoms with E-state index in [9.17, 15) is 23.2 Å². The number of hydrogen-bond donors (Lipinski definition) is 3. The lowest BCUT2D eigenvalue weighted by molar-refractivity contribution is 0.455. The van der Waals surface area contributed by atoms with Gasteiger partial charge in [0.15, 0.2) is 4.75 Å². The van der Waals surface area contributed by atoms with E-state index in [-0.39, 0.29) is 37.5 Å². The number of rotatable bonds is 4. The van der Waals surface area contributed by atoms with Crippen molar-refractivity contribution in [3.05, 3.63) is 91.4 Å². The van der Waals surface area contributed by atoms with Crippen LogP contribution in [0, 0.1) is 0 Å². The van der Waals surface area contributed by atoms with E-state index in [1.807, 2.05) is 0 Å². The maximum absolute atomic E-state index is 13.0. The number of benzene rings is 3. The largest absolute Gasteiger partial charge is 0.508 e. The van der Waals surface area contributed by atoms with Crippen LogP contribution in [0.4, 0.5) is 0 Å². The highest BCUT2D eigenvalue weighted by atomic mass is 35.5. The molecule has 3 aromatic carbocycles. The Morgan fingerprint density at radius 2 is 1.24 bits per heavy atom. The van der Waals surface area contributed by atoms with Gasteiger partial charge in [-0.15, -0.1) is 0 Å². The number of halogens is 4. The first kappa shape index (κ1) is 22.0. The summed E-state index contributed by atoms with van der Waals surface area (Å²) < 4.78 is 34.0. The Hall–Kier alpha value is -1.67. The van der Waals surface area contributed by atoms with Crippen molar-refractivity contribution in [1.29, 1.82) is 0 Å². The first-order valence-corrected chi connectivity index (χ1v) is 10.8. The molecule has 0 heterocycles. The van der Waals surface area contributed by atoms with Gasteiger partial charge < -0.3 is 10.2 Å². The fourth-order valence-corrected chi connectivity index (χ4v) is 5.65. The fraction of sp³-hybridized carbons (Fsp3) is 0.0526. The highest BCUT2D eigenvalue weighted by Crippen LogP contribution is 2.50. The van der Waals surface area contributed by atoms with E-state index in [1.165, 1.54) is 36.4 Å². The van der Waals surface area contributed by atoms with E-state index in [2.05, 4.69) is 0 Å². The second kappa shape index (κ2) is 7.87. The molecule has 0 aliphatic heterocycles. The topological polar surface area (TPSA) is 94.8 Å². The maximum Gasteiger partial charge on any atom is 0.283 e. The Morgan fingerprint density at radius 3 is 1.72 bits per heavy atom. The summed E-state index contributed by atoms with van der Waals surface area (Å²) >= 11 is 24.4. The van der Waals surface area contributed by atoms with Crippen molar-refractivity contribution in [1.82, 2.24) is 0 Å². The van der Waals surface area contributed by atoms with Gasteiger partial charge in [-0.3, -0.25) is 4.55 Å². The summed E-state index contributed by atoms with van der Waals surface area (Å²) in [4.78, 5) is 0. The summed E-state index contributed by atoms with van der Waals surface area (Å²) in [5.74, 6) is -0.722. The van der Waals surface area contributed by atoms with Crippen molar-refractivity contribution in [3.8, 4) is 11.5 Å². The normalized spacial score (nSPS) is 13.8. The molecule has 0 aliphatic rings. The lowest BCUT2D eigenvalue weighted by Crippen LogP contribution is -2.38. The Kier molecular flexibility index (Phi) is 5.98. The second-order valence-electron chi connectivity index (χ2n) is 6.11. The van der Waals surface area contributed by atoms with Crippen LogP contribution in [0.5, 0.6) is 11.5 Å². The molecule has 0 aromatic heterocycles. The zero-order valence-electron chi connectivity index (χ0n) is 14.3. The average molecular weight is 494 g/mol. The molecule has 3 aromatic rings. The van der Waals surface area contributed by atoms with Gasteiger partial charge in [0.25, 0.3) is 10.1 Å². The second-order valence-corrected chi connectivity index (χ2v) is 9.33. The van der Waals surface area contributed by atoms with Crippen molar-refractivity contribution in [2.75, 3.05) is 0 Å². The van der Waals surface area contributed by atoms with Crippen LogP contribution in [0.25, 0.3) is 0 Å². The summed E-state index contributed by atoms with van der Waals surface area (Å²) in [6, 6.07) is 11.5. The number of aromatic hydroxyl groups is 2. The van der Waals surface area contributed by atoms with Crippen molar-refractivity contribution in [2.24, 2.45) is 0 Å². The Labute approximate surface area is 186 Å². The summed E-state index contributed by atoms with van der Waals surface area (Å²) in [6.45, 7) is 0. The van der Waals surface area contributed by atoms with E-state index in [0.717, 1.165) is 18.2 Å². The van der Waals surface area contributed by atoms with Gasteiger partial charge in [0.1, 0.15) is 11.5 Å². The van der Waals surface area contributed by atoms with Crippen LogP contribution < -0.4 is 0 Å². The van der Waals surface area contributed by atoms with Crippen LogP contribution in [-0.4, -0.2) is 23.2 Å². The van der Waals surface area contributed by atoms with Crippen LogP contribution in [0.15, 0.2) is 54.6 Å². The molecule has 10 heteroatoms. The van der Waals surface area contributed by atoms with Gasteiger partial charge in [-0.1, -0.05) is 64.6 Å². The highest BCUT2D eigenvalue weighted by molar-refractivity contribution is 7.87. The van der Waals surface area contributed by atoms with Gasteiger partial charge in [-0.05, 0) is 47.5 Å². The molecule has 1 atom stereocenters. The monoisotopic (exact) mass is 492 g/mol. The minimum absolute atomic E-state index is 0.0306. The predicted molar refractivity (Wildman–Crippen MR) is 114 cm³/mol. The first-order valence-electron chi connectivity index (χ1n) is 7.89. The quantitative estimate of drug-likeness (QED) is 0.311. The summed E-state index contributed by atoms with van der Waals surface area (Å²) in [5, 5.41) is 19.7. The molecule has 5 nitrogen and oxygen atoms in total. The molecule has 0 radical (unpaired) electrons. The summed E-state index contributed by atoms with van der Waals surface area (Å²) in [7, 11) is -5.03. The molecule has 0 amide bonds. The van der Waals surface area contributed by atoms with Gasteiger partial charge in [0.05, 0.1) is 15.1 Å². The fourth-order valence-electron chi connectivity index (χ4n) is 3.19. The maximum atomic E-state index is 13.0. The third-order valence-electron chi connectivity index (χ3n) is 4.37. The zero-order chi connectivity index (χ0) is 21.6. The number of hydrogen-bond acceptors (Lipinski definition) is 4. The van der Waals surface area contributed by atoms with Crippen molar-refractivity contribution < 1.29 is 23.2 Å². The van der Waals surface area contributed by atoms with Crippen LogP contribution in [0.3, 0.4) is 0 Å². The van der Waals surface area contributed by atoms with Crippen LogP contribution in [0.2, 0.25) is 20.1 Å². The van der Waals surface area contributed by atoms with Gasteiger partial charge >= 0.3 is 0 Å². The van der Waals surface area contributed by atoms with E-state index in [0.29, 0.717) is 5.02 Å². The Bertz CT molecular complexity index is 1170. The predicted octanol–water partition coefficient (Wildman–Crippen LogP) is 5.89. The van der Waals surface area contributed by atoms with E-state index in [1.54, 1.807) is 0 Å². The molecule has 0 bridgehead atoms. The average Bonchev–Trinajstić information content (AvgIpc) is 2.60. The summed E-state index contributed by atoms with van der Waals surface area (Å²) in [6.07, 6.45) is 0. The Balaban J connectivity index is 2.58. The molecule has 0 spiro atoms. The van der Waals surface area contributed by atoms with E-state index in [4.69, 9.17) is 46.4 Å². The zero-order valence-corrected chi connectivity index (χ0v) is 18.1. The van der Waals surface area contributed by atoms with Crippen LogP contribution in [-0.2, 0) is 14.9 Å². The van der Waals surface area contributed by atoms with E-state index < -0.39 is 20.6 Å². The smallest absolute Gasteiger partial charge is 0.283 e. The van der Waals surface area contributed by atoms with Crippen LogP contribution >= 0.6 is 46.4 Å². The Morgan fingerprint density at radius 1 is 0.724 bits per heavy atom. The molecular formula is C19H12Cl4O5S. The van der Waals surface area contributed by atoms with Crippen molar-refractivity contribution >= 4 is 56.5 Å². The van der Waals surface area contributed by atoms with Crippen LogP contribution in [0.1, 0.15) is 16.7 Å². The minimum atomic E-state index is -5.03. The molecule has 29 heavy (non-hydrogen) atoms. The molecule has 0 fully saturated rings. The van der Waals surface area contributed by atoms with Gasteiger partial charge in [0, 0.05) is 10.6 Å². The third-order valence-corrected chi connectivity index (χ3v) is 6.99. The van der Waals surface area contributed by atoms with Crippen molar-refractivity contribution in [3.63, 3.8) is 0 Å². The van der Waals surface area contributed by atoms with E-state index >= 15 is 0 Å². The highest BCUT2D eigenvalue weighted by Gasteiger charge is 2.51. The molecule has 0 saturated carbocycles. The first-order chi connectivity index (χ1) is 13.5. The molecule has 0 aliphatic carbocycles.